The second-order valence-electron chi connectivity index (χ2n) is 10.7. The number of halogens is 1. The topological polar surface area (TPSA) is 73.1 Å². The van der Waals surface area contributed by atoms with Crippen LogP contribution in [-0.4, -0.2) is 78.8 Å². The van der Waals surface area contributed by atoms with Crippen LogP contribution in [0.4, 0.5) is 10.4 Å². The van der Waals surface area contributed by atoms with Crippen molar-refractivity contribution in [1.82, 2.24) is 15.1 Å². The van der Waals surface area contributed by atoms with Gasteiger partial charge in [0.1, 0.15) is 17.2 Å². The lowest BCUT2D eigenvalue weighted by Gasteiger charge is -2.46. The van der Waals surface area contributed by atoms with Gasteiger partial charge in [0.25, 0.3) is 0 Å². The highest BCUT2D eigenvalue weighted by Gasteiger charge is 2.52. The number of nitrogens with zero attached hydrogens (tertiary/aromatic N) is 4. The Labute approximate surface area is 205 Å². The van der Waals surface area contributed by atoms with Gasteiger partial charge < -0.3 is 23.5 Å². The summed E-state index contributed by atoms with van der Waals surface area (Å²) in [6.45, 7) is 8.10. The average Bonchev–Trinajstić information content (AvgIpc) is 3.56. The van der Waals surface area contributed by atoms with E-state index in [4.69, 9.17) is 18.6 Å². The molecule has 2 atom stereocenters. The Morgan fingerprint density at radius 3 is 2.69 bits per heavy atom. The summed E-state index contributed by atoms with van der Waals surface area (Å²) < 4.78 is 37.8. The first-order chi connectivity index (χ1) is 17.1. The molecule has 4 saturated heterocycles. The number of benzene rings is 1. The number of rotatable bonds is 6. The van der Waals surface area contributed by atoms with E-state index in [1.54, 1.807) is 6.07 Å². The van der Waals surface area contributed by atoms with E-state index in [0.717, 1.165) is 89.4 Å². The van der Waals surface area contributed by atoms with Gasteiger partial charge in [-0.3, -0.25) is 4.90 Å². The van der Waals surface area contributed by atoms with Crippen LogP contribution in [0, 0.1) is 11.7 Å². The minimum absolute atomic E-state index is 0.0974. The van der Waals surface area contributed by atoms with Gasteiger partial charge in [0, 0.05) is 24.8 Å². The number of aromatic nitrogens is 2. The van der Waals surface area contributed by atoms with Crippen LogP contribution in [0.15, 0.2) is 29.0 Å². The van der Waals surface area contributed by atoms with Crippen LogP contribution in [0.1, 0.15) is 50.5 Å². The molecule has 9 heteroatoms. The summed E-state index contributed by atoms with van der Waals surface area (Å²) in [5, 5.41) is 7.76. The number of hydrogen-bond acceptors (Lipinski definition) is 8. The summed E-state index contributed by atoms with van der Waals surface area (Å²) in [6.07, 6.45) is 6.54. The molecule has 1 aromatic heterocycles. The fourth-order valence-corrected chi connectivity index (χ4v) is 6.37. The largest absolute Gasteiger partial charge is 0.490 e. The van der Waals surface area contributed by atoms with Crippen LogP contribution in [0.2, 0.25) is 0 Å². The molecule has 4 aliphatic rings. The Morgan fingerprint density at radius 2 is 1.94 bits per heavy atom. The van der Waals surface area contributed by atoms with Gasteiger partial charge in [-0.25, -0.2) is 4.39 Å². The van der Waals surface area contributed by atoms with Gasteiger partial charge in [0.05, 0.1) is 25.8 Å². The Hall–Kier alpha value is -2.23. The summed E-state index contributed by atoms with van der Waals surface area (Å²) in [5.74, 6) is 1.46. The van der Waals surface area contributed by atoms with Crippen molar-refractivity contribution in [2.45, 2.75) is 62.7 Å². The maximum absolute atomic E-state index is 14.3. The molecule has 5 heterocycles. The monoisotopic (exact) mass is 486 g/mol. The van der Waals surface area contributed by atoms with E-state index in [1.165, 1.54) is 12.5 Å². The van der Waals surface area contributed by atoms with E-state index < -0.39 is 0 Å². The van der Waals surface area contributed by atoms with E-state index in [0.29, 0.717) is 23.9 Å². The van der Waals surface area contributed by atoms with Gasteiger partial charge in [-0.15, -0.1) is 5.10 Å². The number of likely N-dealkylation sites (tertiary alicyclic amines) is 1. The summed E-state index contributed by atoms with van der Waals surface area (Å²) in [6, 6.07) is 6.05. The van der Waals surface area contributed by atoms with Crippen molar-refractivity contribution in [2.75, 3.05) is 50.9 Å². The molecule has 1 aromatic carbocycles. The molecule has 0 amide bonds. The van der Waals surface area contributed by atoms with Crippen molar-refractivity contribution in [3.05, 3.63) is 36.0 Å². The third-order valence-electron chi connectivity index (χ3n) is 8.47. The summed E-state index contributed by atoms with van der Waals surface area (Å²) in [7, 11) is 0. The Bertz CT molecular complexity index is 985. The molecule has 0 saturated carbocycles. The minimum Gasteiger partial charge on any atom is -0.490 e. The lowest BCUT2D eigenvalue weighted by molar-refractivity contribution is -0.0216. The van der Waals surface area contributed by atoms with Gasteiger partial charge in [0.2, 0.25) is 6.39 Å². The van der Waals surface area contributed by atoms with Crippen molar-refractivity contribution in [2.24, 2.45) is 5.92 Å². The molecule has 1 spiro atoms. The molecule has 190 valence electrons. The van der Waals surface area contributed by atoms with Crippen LogP contribution in [-0.2, 0) is 9.47 Å². The molecule has 0 unspecified atom stereocenters. The van der Waals surface area contributed by atoms with Crippen LogP contribution >= 0.6 is 0 Å². The molecule has 2 aromatic rings. The van der Waals surface area contributed by atoms with Crippen LogP contribution in [0.5, 0.6) is 5.75 Å². The van der Waals surface area contributed by atoms with Crippen molar-refractivity contribution in [1.29, 1.82) is 0 Å². The van der Waals surface area contributed by atoms with E-state index in [1.807, 2.05) is 6.07 Å². The molecule has 6 rings (SSSR count). The van der Waals surface area contributed by atoms with E-state index >= 15 is 0 Å². The first kappa shape index (κ1) is 23.2. The zero-order valence-electron chi connectivity index (χ0n) is 20.4. The third kappa shape index (κ3) is 4.78. The van der Waals surface area contributed by atoms with E-state index in [-0.39, 0.29) is 17.5 Å². The molecule has 4 fully saturated rings. The molecule has 8 nitrogen and oxygen atoms in total. The molecule has 4 aliphatic heterocycles. The average molecular weight is 487 g/mol. The van der Waals surface area contributed by atoms with Gasteiger partial charge in [-0.05, 0) is 82.2 Å². The molecule has 0 bridgehead atoms. The zero-order valence-corrected chi connectivity index (χ0v) is 20.4. The Balaban J connectivity index is 1.05. The van der Waals surface area contributed by atoms with Gasteiger partial charge in [-0.2, -0.15) is 0 Å². The predicted molar refractivity (Wildman–Crippen MR) is 127 cm³/mol. The quantitative estimate of drug-likeness (QED) is 0.613. The van der Waals surface area contributed by atoms with Gasteiger partial charge in [-0.1, -0.05) is 5.10 Å². The SMILES string of the molecule is C[C@@H](Oc1ccc(F)cc1C1CCN([C@@H]2COC3(C2)CN(c2nnco2)C3)CC1)C1CCOCC1. The highest BCUT2D eigenvalue weighted by molar-refractivity contribution is 5.38. The highest BCUT2D eigenvalue weighted by atomic mass is 19.1. The van der Waals surface area contributed by atoms with Crippen molar-refractivity contribution < 1.29 is 23.0 Å². The smallest absolute Gasteiger partial charge is 0.318 e. The van der Waals surface area contributed by atoms with Gasteiger partial charge in [0.15, 0.2) is 0 Å². The second kappa shape index (κ2) is 9.67. The van der Waals surface area contributed by atoms with Crippen molar-refractivity contribution in [3.8, 4) is 5.75 Å². The third-order valence-corrected chi connectivity index (χ3v) is 8.47. The second-order valence-corrected chi connectivity index (χ2v) is 10.7. The lowest BCUT2D eigenvalue weighted by atomic mass is 9.86. The Kier molecular flexibility index (Phi) is 6.41. The fourth-order valence-electron chi connectivity index (χ4n) is 6.37. The first-order valence-corrected chi connectivity index (χ1v) is 13.0. The molecule has 0 N–H and O–H groups in total. The van der Waals surface area contributed by atoms with Crippen LogP contribution < -0.4 is 9.64 Å². The lowest BCUT2D eigenvalue weighted by Crippen LogP contribution is -2.62. The number of hydrogen-bond donors (Lipinski definition) is 0. The zero-order chi connectivity index (χ0) is 23.8. The first-order valence-electron chi connectivity index (χ1n) is 13.0. The summed E-state index contributed by atoms with van der Waals surface area (Å²) in [4.78, 5) is 4.64. The van der Waals surface area contributed by atoms with Crippen molar-refractivity contribution in [3.63, 3.8) is 0 Å². The summed E-state index contributed by atoms with van der Waals surface area (Å²) >= 11 is 0. The number of piperidine rings is 1. The molecule has 35 heavy (non-hydrogen) atoms. The number of anilines is 1. The van der Waals surface area contributed by atoms with E-state index in [9.17, 15) is 4.39 Å². The van der Waals surface area contributed by atoms with Crippen LogP contribution in [0.25, 0.3) is 0 Å². The van der Waals surface area contributed by atoms with E-state index in [2.05, 4.69) is 26.9 Å². The normalized spacial score (nSPS) is 26.7. The van der Waals surface area contributed by atoms with Crippen molar-refractivity contribution >= 4 is 6.01 Å². The standard InChI is InChI=1S/C26H35FN4O4/c1-18(19-6-10-32-11-7-19)35-24-3-2-21(27)12-23(24)20-4-8-30(9-5-20)22-13-26(34-14-22)15-31(16-26)25-29-28-17-33-25/h2-3,12,17-20,22H,4-11,13-16H2,1H3/t18-,22+/m1/s1. The van der Waals surface area contributed by atoms with Gasteiger partial charge >= 0.3 is 6.01 Å². The number of ether oxygens (including phenoxy) is 3. The predicted octanol–water partition coefficient (Wildman–Crippen LogP) is 3.63. The molecule has 0 aliphatic carbocycles. The fraction of sp³-hybridized carbons (Fsp3) is 0.692. The molecular formula is C26H35FN4O4. The molecule has 0 radical (unpaired) electrons. The summed E-state index contributed by atoms with van der Waals surface area (Å²) in [5.41, 5.74) is 0.928. The maximum Gasteiger partial charge on any atom is 0.318 e. The maximum atomic E-state index is 14.3. The van der Waals surface area contributed by atoms with Crippen LogP contribution in [0.3, 0.4) is 0 Å². The Morgan fingerprint density at radius 1 is 1.14 bits per heavy atom. The minimum atomic E-state index is -0.185. The highest BCUT2D eigenvalue weighted by Crippen LogP contribution is 2.41. The molecular weight excluding hydrogens is 451 g/mol.